The third-order valence-corrected chi connectivity index (χ3v) is 7.14. The summed E-state index contributed by atoms with van der Waals surface area (Å²) >= 11 is 5.98. The first kappa shape index (κ1) is 26.4. The molecule has 2 aromatic carbocycles. The van der Waals surface area contributed by atoms with Crippen molar-refractivity contribution in [3.8, 4) is 5.75 Å². The van der Waals surface area contributed by atoms with E-state index in [1.807, 2.05) is 39.0 Å². The summed E-state index contributed by atoms with van der Waals surface area (Å²) in [6.45, 7) is 6.25. The number of unbranched alkanes of at least 4 members (excludes halogenated alkanes) is 2. The van der Waals surface area contributed by atoms with Gasteiger partial charge >= 0.3 is 7.60 Å². The van der Waals surface area contributed by atoms with Gasteiger partial charge in [0, 0.05) is 5.02 Å². The molecule has 0 heterocycles. The van der Waals surface area contributed by atoms with Gasteiger partial charge in [-0.3, -0.25) is 9.36 Å². The largest absolute Gasteiger partial charge is 0.484 e. The molecule has 8 heteroatoms. The van der Waals surface area contributed by atoms with Gasteiger partial charge in [-0.05, 0) is 49.1 Å². The van der Waals surface area contributed by atoms with E-state index in [4.69, 9.17) is 25.4 Å². The molecular formula is C24H33ClNO5P. The van der Waals surface area contributed by atoms with Crippen LogP contribution >= 0.6 is 19.2 Å². The van der Waals surface area contributed by atoms with E-state index in [0.29, 0.717) is 29.5 Å². The molecule has 0 aliphatic rings. The van der Waals surface area contributed by atoms with Gasteiger partial charge in [-0.25, -0.2) is 0 Å². The first-order valence-electron chi connectivity index (χ1n) is 11.0. The van der Waals surface area contributed by atoms with E-state index in [9.17, 15) is 9.36 Å². The average Bonchev–Trinajstić information content (AvgIpc) is 2.78. The number of amides is 1. The fourth-order valence-electron chi connectivity index (χ4n) is 2.95. The second kappa shape index (κ2) is 13.6. The molecule has 1 unspecified atom stereocenters. The van der Waals surface area contributed by atoms with E-state index in [1.54, 1.807) is 30.3 Å². The smallest absolute Gasteiger partial charge is 0.357 e. The van der Waals surface area contributed by atoms with Gasteiger partial charge in [0.25, 0.3) is 5.91 Å². The quantitative estimate of drug-likeness (QED) is 0.241. The number of ether oxygens (including phenoxy) is 1. The Kier molecular flexibility index (Phi) is 11.3. The van der Waals surface area contributed by atoms with Crippen LogP contribution in [0, 0.1) is 6.92 Å². The lowest BCUT2D eigenvalue weighted by molar-refractivity contribution is -0.123. The van der Waals surface area contributed by atoms with Crippen molar-refractivity contribution in [2.24, 2.45) is 0 Å². The second-order valence-electron chi connectivity index (χ2n) is 7.49. The lowest BCUT2D eigenvalue weighted by Crippen LogP contribution is -2.33. The van der Waals surface area contributed by atoms with Gasteiger partial charge in [0.2, 0.25) is 0 Å². The Bertz CT molecular complexity index is 879. The zero-order valence-electron chi connectivity index (χ0n) is 19.0. The zero-order chi connectivity index (χ0) is 23.4. The van der Waals surface area contributed by atoms with Gasteiger partial charge in [0.05, 0.1) is 13.2 Å². The van der Waals surface area contributed by atoms with Crippen molar-refractivity contribution in [1.29, 1.82) is 0 Å². The number of hydrogen-bond acceptors (Lipinski definition) is 5. The van der Waals surface area contributed by atoms with E-state index in [1.165, 1.54) is 0 Å². The molecule has 0 fully saturated rings. The molecular weight excluding hydrogens is 449 g/mol. The van der Waals surface area contributed by atoms with Crippen molar-refractivity contribution in [3.05, 3.63) is 64.7 Å². The highest BCUT2D eigenvalue weighted by Crippen LogP contribution is 2.59. The predicted octanol–water partition coefficient (Wildman–Crippen LogP) is 6.67. The standard InChI is InChI=1S/C24H33ClNO5P/c1-4-6-15-30-32(28,31-16-7-5-2)24(20-11-9-8-10-12-20)26-23(27)18-29-22-14-13-21(25)17-19(22)3/h8-14,17,24H,4-7,15-16,18H2,1-3H3,(H,26,27). The molecule has 1 atom stereocenters. The first-order valence-corrected chi connectivity index (χ1v) is 13.0. The molecule has 0 bridgehead atoms. The third kappa shape index (κ3) is 8.25. The van der Waals surface area contributed by atoms with Crippen molar-refractivity contribution in [1.82, 2.24) is 5.32 Å². The minimum atomic E-state index is -3.68. The number of nitrogens with one attached hydrogen (secondary N) is 1. The lowest BCUT2D eigenvalue weighted by atomic mass is 10.2. The van der Waals surface area contributed by atoms with E-state index in [0.717, 1.165) is 31.2 Å². The molecule has 6 nitrogen and oxygen atoms in total. The molecule has 176 valence electrons. The van der Waals surface area contributed by atoms with Gasteiger partial charge in [-0.1, -0.05) is 68.6 Å². The molecule has 1 N–H and O–H groups in total. The second-order valence-corrected chi connectivity index (χ2v) is 10.0. The number of carbonyl (C=O) groups is 1. The predicted molar refractivity (Wildman–Crippen MR) is 128 cm³/mol. The molecule has 1 amide bonds. The maximum atomic E-state index is 13.9. The van der Waals surface area contributed by atoms with Crippen LogP contribution in [0.2, 0.25) is 5.02 Å². The molecule has 0 saturated carbocycles. The fourth-order valence-corrected chi connectivity index (χ4v) is 5.16. The Morgan fingerprint density at radius 1 is 1.03 bits per heavy atom. The molecule has 2 aromatic rings. The highest BCUT2D eigenvalue weighted by molar-refractivity contribution is 7.54. The van der Waals surface area contributed by atoms with E-state index < -0.39 is 19.3 Å². The van der Waals surface area contributed by atoms with Gasteiger partial charge in [-0.15, -0.1) is 0 Å². The van der Waals surface area contributed by atoms with Crippen LogP contribution in [0.4, 0.5) is 0 Å². The summed E-state index contributed by atoms with van der Waals surface area (Å²) in [6, 6.07) is 14.3. The Labute approximate surface area is 196 Å². The summed E-state index contributed by atoms with van der Waals surface area (Å²) in [6.07, 6.45) is 3.28. The van der Waals surface area contributed by atoms with Crippen LogP contribution < -0.4 is 10.1 Å². The number of carbonyl (C=O) groups excluding carboxylic acids is 1. The van der Waals surface area contributed by atoms with Crippen molar-refractivity contribution < 1.29 is 23.1 Å². The van der Waals surface area contributed by atoms with Crippen LogP contribution in [0.1, 0.15) is 56.4 Å². The number of benzene rings is 2. The number of hydrogen-bond donors (Lipinski definition) is 1. The van der Waals surface area contributed by atoms with E-state index >= 15 is 0 Å². The molecule has 0 aromatic heterocycles. The number of rotatable bonds is 14. The molecule has 0 radical (unpaired) electrons. The number of halogens is 1. The zero-order valence-corrected chi connectivity index (χ0v) is 20.7. The molecule has 0 aliphatic carbocycles. The summed E-state index contributed by atoms with van der Waals surface area (Å²) in [4.78, 5) is 12.8. The van der Waals surface area contributed by atoms with E-state index in [2.05, 4.69) is 5.32 Å². The normalized spacial score (nSPS) is 12.4. The van der Waals surface area contributed by atoms with Crippen LogP contribution in [0.3, 0.4) is 0 Å². The van der Waals surface area contributed by atoms with E-state index in [-0.39, 0.29) is 6.61 Å². The number of aryl methyl sites for hydroxylation is 1. The van der Waals surface area contributed by atoms with Crippen LogP contribution in [0.25, 0.3) is 0 Å². The highest BCUT2D eigenvalue weighted by atomic mass is 35.5. The fraction of sp³-hybridized carbons (Fsp3) is 0.458. The van der Waals surface area contributed by atoms with Crippen molar-refractivity contribution in [3.63, 3.8) is 0 Å². The van der Waals surface area contributed by atoms with Gasteiger partial charge in [-0.2, -0.15) is 0 Å². The maximum absolute atomic E-state index is 13.9. The van der Waals surface area contributed by atoms with Gasteiger partial charge in [0.1, 0.15) is 5.75 Å². The minimum Gasteiger partial charge on any atom is -0.484 e. The Balaban J connectivity index is 2.20. The van der Waals surface area contributed by atoms with Crippen molar-refractivity contribution in [2.75, 3.05) is 19.8 Å². The molecule has 32 heavy (non-hydrogen) atoms. The topological polar surface area (TPSA) is 73.9 Å². The van der Waals surface area contributed by atoms with Crippen molar-refractivity contribution in [2.45, 2.75) is 52.2 Å². The van der Waals surface area contributed by atoms with Gasteiger partial charge in [0.15, 0.2) is 12.4 Å². The minimum absolute atomic E-state index is 0.240. The SMILES string of the molecule is CCCCOP(=O)(OCCCC)C(NC(=O)COc1ccc(Cl)cc1C)c1ccccc1. The maximum Gasteiger partial charge on any atom is 0.357 e. The molecule has 0 spiro atoms. The Morgan fingerprint density at radius 2 is 1.66 bits per heavy atom. The van der Waals surface area contributed by atoms with Crippen LogP contribution in [0.5, 0.6) is 5.75 Å². The Hall–Kier alpha value is -1.85. The van der Waals surface area contributed by atoms with Crippen molar-refractivity contribution >= 4 is 25.1 Å². The van der Waals surface area contributed by atoms with Crippen LogP contribution in [0.15, 0.2) is 48.5 Å². The third-order valence-electron chi connectivity index (χ3n) is 4.76. The summed E-state index contributed by atoms with van der Waals surface area (Å²) in [5, 5.41) is 3.42. The lowest BCUT2D eigenvalue weighted by Gasteiger charge is -2.28. The molecule has 0 saturated heterocycles. The first-order chi connectivity index (χ1) is 15.4. The molecule has 2 rings (SSSR count). The van der Waals surface area contributed by atoms with Crippen LogP contribution in [-0.4, -0.2) is 25.7 Å². The summed E-state index contributed by atoms with van der Waals surface area (Å²) in [5.74, 6) is -0.797. The monoisotopic (exact) mass is 481 g/mol. The van der Waals surface area contributed by atoms with Gasteiger partial charge < -0.3 is 19.1 Å². The molecule has 0 aliphatic heterocycles. The summed E-state index contributed by atoms with van der Waals surface area (Å²) in [5.41, 5.74) is 1.47. The summed E-state index contributed by atoms with van der Waals surface area (Å²) < 4.78 is 31.1. The summed E-state index contributed by atoms with van der Waals surface area (Å²) in [7, 11) is -3.68. The highest BCUT2D eigenvalue weighted by Gasteiger charge is 2.38. The van der Waals surface area contributed by atoms with Crippen LogP contribution in [-0.2, 0) is 18.4 Å². The average molecular weight is 482 g/mol. The Morgan fingerprint density at radius 3 is 2.22 bits per heavy atom.